The van der Waals surface area contributed by atoms with Crippen LogP contribution in [0.1, 0.15) is 63.4 Å². The van der Waals surface area contributed by atoms with Gasteiger partial charge in [0.2, 0.25) is 0 Å². The van der Waals surface area contributed by atoms with Gasteiger partial charge in [0.25, 0.3) is 0 Å². The molecule has 1 aliphatic rings. The maximum absolute atomic E-state index is 4.95. The molecule has 0 aromatic carbocycles. The topological polar surface area (TPSA) is 28.2 Å². The summed E-state index contributed by atoms with van der Waals surface area (Å²) in [5.41, 5.74) is 1.32. The van der Waals surface area contributed by atoms with Gasteiger partial charge in [0.15, 0.2) is 5.13 Å². The van der Waals surface area contributed by atoms with Crippen molar-refractivity contribution in [2.24, 2.45) is 0 Å². The molecular weight excluding hydrogens is 266 g/mol. The Bertz CT molecular complexity index is 392. The van der Waals surface area contributed by atoms with E-state index in [-0.39, 0.29) is 0 Å². The van der Waals surface area contributed by atoms with Crippen molar-refractivity contribution in [2.45, 2.75) is 71.9 Å². The van der Waals surface area contributed by atoms with Crippen molar-refractivity contribution >= 4 is 16.5 Å². The van der Waals surface area contributed by atoms with Crippen LogP contribution in [0.5, 0.6) is 0 Å². The van der Waals surface area contributed by atoms with Crippen molar-refractivity contribution in [1.82, 2.24) is 10.3 Å². The molecule has 0 saturated carbocycles. The van der Waals surface area contributed by atoms with Crippen molar-refractivity contribution in [3.8, 4) is 0 Å². The summed E-state index contributed by atoms with van der Waals surface area (Å²) in [4.78, 5) is 8.90. The summed E-state index contributed by atoms with van der Waals surface area (Å²) in [5.74, 6) is 0. The Morgan fingerprint density at radius 3 is 2.50 bits per heavy atom. The lowest BCUT2D eigenvalue weighted by Gasteiger charge is -2.18. The highest BCUT2D eigenvalue weighted by Gasteiger charge is 2.17. The smallest absolute Gasteiger partial charge is 0.185 e. The van der Waals surface area contributed by atoms with E-state index in [1.807, 2.05) is 11.3 Å². The third kappa shape index (κ3) is 4.45. The van der Waals surface area contributed by atoms with Gasteiger partial charge in [0.05, 0.1) is 5.69 Å². The fourth-order valence-electron chi connectivity index (χ4n) is 2.63. The largest absolute Gasteiger partial charge is 0.348 e. The number of thiazole rings is 1. The summed E-state index contributed by atoms with van der Waals surface area (Å²) in [6, 6.07) is 0.535. The minimum atomic E-state index is 0.535. The van der Waals surface area contributed by atoms with Gasteiger partial charge in [-0.15, -0.1) is 11.3 Å². The van der Waals surface area contributed by atoms with Gasteiger partial charge in [-0.3, -0.25) is 0 Å². The summed E-state index contributed by atoms with van der Waals surface area (Å²) in [5, 5.41) is 4.80. The van der Waals surface area contributed by atoms with Crippen molar-refractivity contribution in [3.63, 3.8) is 0 Å². The quantitative estimate of drug-likeness (QED) is 0.860. The SMILES string of the molecule is CCCc1nc(N2CCCCCC2)sc1CNC(C)C. The van der Waals surface area contributed by atoms with Gasteiger partial charge in [-0.1, -0.05) is 40.0 Å². The van der Waals surface area contributed by atoms with E-state index in [2.05, 4.69) is 31.0 Å². The number of aryl methyl sites for hydroxylation is 1. The molecule has 0 radical (unpaired) electrons. The summed E-state index contributed by atoms with van der Waals surface area (Å²) in [7, 11) is 0. The summed E-state index contributed by atoms with van der Waals surface area (Å²) in [6.07, 6.45) is 7.69. The second-order valence-electron chi connectivity index (χ2n) is 6.05. The van der Waals surface area contributed by atoms with Gasteiger partial charge in [-0.2, -0.15) is 0 Å². The van der Waals surface area contributed by atoms with Crippen molar-refractivity contribution in [1.29, 1.82) is 0 Å². The first-order valence-electron chi connectivity index (χ1n) is 8.17. The van der Waals surface area contributed by atoms with Gasteiger partial charge in [-0.25, -0.2) is 4.98 Å². The maximum atomic E-state index is 4.95. The average molecular weight is 295 g/mol. The highest BCUT2D eigenvalue weighted by Crippen LogP contribution is 2.29. The predicted molar refractivity (Wildman–Crippen MR) is 88.8 cm³/mol. The summed E-state index contributed by atoms with van der Waals surface area (Å²) < 4.78 is 0. The molecule has 0 spiro atoms. The minimum Gasteiger partial charge on any atom is -0.348 e. The van der Waals surface area contributed by atoms with Crippen LogP contribution in [0, 0.1) is 0 Å². The van der Waals surface area contributed by atoms with E-state index in [1.165, 1.54) is 60.9 Å². The van der Waals surface area contributed by atoms with Crippen molar-refractivity contribution in [3.05, 3.63) is 10.6 Å². The van der Waals surface area contributed by atoms with Crippen molar-refractivity contribution in [2.75, 3.05) is 18.0 Å². The van der Waals surface area contributed by atoms with Gasteiger partial charge < -0.3 is 10.2 Å². The minimum absolute atomic E-state index is 0.535. The summed E-state index contributed by atoms with van der Waals surface area (Å²) >= 11 is 1.91. The van der Waals surface area contributed by atoms with Crippen LogP contribution in [0.2, 0.25) is 0 Å². The first-order valence-corrected chi connectivity index (χ1v) is 8.99. The van der Waals surface area contributed by atoms with Crippen molar-refractivity contribution < 1.29 is 0 Å². The second kappa shape index (κ2) is 7.99. The average Bonchev–Trinajstić information content (AvgIpc) is 2.64. The van der Waals surface area contributed by atoms with Crippen LogP contribution in [0.3, 0.4) is 0 Å². The fourth-order valence-corrected chi connectivity index (χ4v) is 3.74. The standard InChI is InChI=1S/C16H29N3S/c1-4-9-14-15(12-17-13(2)3)20-16(18-14)19-10-7-5-6-8-11-19/h13,17H,4-12H2,1-3H3. The molecule has 0 bridgehead atoms. The normalized spacial score (nSPS) is 16.7. The zero-order valence-corrected chi connectivity index (χ0v) is 14.1. The molecule has 1 aromatic rings. The Balaban J connectivity index is 2.09. The molecule has 1 saturated heterocycles. The molecule has 1 aromatic heterocycles. The highest BCUT2D eigenvalue weighted by molar-refractivity contribution is 7.15. The zero-order chi connectivity index (χ0) is 14.4. The molecular formula is C16H29N3S. The number of anilines is 1. The molecule has 114 valence electrons. The monoisotopic (exact) mass is 295 g/mol. The molecule has 1 aliphatic heterocycles. The Morgan fingerprint density at radius 1 is 1.20 bits per heavy atom. The van der Waals surface area contributed by atoms with Crippen LogP contribution in [0.25, 0.3) is 0 Å². The Morgan fingerprint density at radius 2 is 1.90 bits per heavy atom. The van der Waals surface area contributed by atoms with Crippen LogP contribution in [0.4, 0.5) is 5.13 Å². The first kappa shape index (κ1) is 15.8. The van der Waals surface area contributed by atoms with Crippen LogP contribution >= 0.6 is 11.3 Å². The van der Waals surface area contributed by atoms with Gasteiger partial charge in [-0.05, 0) is 19.3 Å². The Labute approximate surface area is 127 Å². The van der Waals surface area contributed by atoms with Gasteiger partial charge in [0, 0.05) is 30.6 Å². The lowest BCUT2D eigenvalue weighted by atomic mass is 10.2. The van der Waals surface area contributed by atoms with E-state index in [1.54, 1.807) is 0 Å². The van der Waals surface area contributed by atoms with Crippen LogP contribution in [0.15, 0.2) is 0 Å². The number of nitrogens with zero attached hydrogens (tertiary/aromatic N) is 2. The lowest BCUT2D eigenvalue weighted by molar-refractivity contribution is 0.589. The van der Waals surface area contributed by atoms with E-state index >= 15 is 0 Å². The molecule has 0 aliphatic carbocycles. The fraction of sp³-hybridized carbons (Fsp3) is 0.812. The summed E-state index contributed by atoms with van der Waals surface area (Å²) in [6.45, 7) is 10.0. The molecule has 20 heavy (non-hydrogen) atoms. The van der Waals surface area contributed by atoms with Gasteiger partial charge >= 0.3 is 0 Å². The lowest BCUT2D eigenvalue weighted by Crippen LogP contribution is -2.23. The van der Waals surface area contributed by atoms with E-state index < -0.39 is 0 Å². The number of hydrogen-bond acceptors (Lipinski definition) is 4. The van der Waals surface area contributed by atoms with Crippen LogP contribution in [-0.4, -0.2) is 24.1 Å². The molecule has 3 nitrogen and oxygen atoms in total. The zero-order valence-electron chi connectivity index (χ0n) is 13.2. The van der Waals surface area contributed by atoms with E-state index in [0.717, 1.165) is 13.0 Å². The number of hydrogen-bond donors (Lipinski definition) is 1. The molecule has 4 heteroatoms. The first-order chi connectivity index (χ1) is 9.70. The Kier molecular flexibility index (Phi) is 6.30. The number of aromatic nitrogens is 1. The second-order valence-corrected chi connectivity index (χ2v) is 7.12. The van der Waals surface area contributed by atoms with E-state index in [9.17, 15) is 0 Å². The molecule has 0 atom stereocenters. The number of nitrogens with one attached hydrogen (secondary N) is 1. The molecule has 0 amide bonds. The van der Waals surface area contributed by atoms with E-state index in [0.29, 0.717) is 6.04 Å². The number of rotatable bonds is 6. The molecule has 1 N–H and O–H groups in total. The molecule has 2 heterocycles. The van der Waals surface area contributed by atoms with E-state index in [4.69, 9.17) is 4.98 Å². The van der Waals surface area contributed by atoms with Crippen LogP contribution < -0.4 is 10.2 Å². The highest BCUT2D eigenvalue weighted by atomic mass is 32.1. The van der Waals surface area contributed by atoms with Crippen LogP contribution in [-0.2, 0) is 13.0 Å². The van der Waals surface area contributed by atoms with Gasteiger partial charge in [0.1, 0.15) is 0 Å². The third-order valence-electron chi connectivity index (χ3n) is 3.80. The molecule has 1 fully saturated rings. The Hall–Kier alpha value is -0.610. The maximum Gasteiger partial charge on any atom is 0.185 e. The predicted octanol–water partition coefficient (Wildman–Crippen LogP) is 3.97. The molecule has 2 rings (SSSR count). The molecule has 0 unspecified atom stereocenters. The third-order valence-corrected chi connectivity index (χ3v) is 4.96.